The van der Waals surface area contributed by atoms with Crippen molar-refractivity contribution in [1.29, 1.82) is 0 Å². The number of esters is 1. The van der Waals surface area contributed by atoms with Gasteiger partial charge in [-0.3, -0.25) is 0 Å². The minimum absolute atomic E-state index is 0.00480. The Morgan fingerprint density at radius 3 is 2.55 bits per heavy atom. The molecule has 2 aromatic carbocycles. The molecule has 6 rings (SSSR count). The molecule has 2 saturated heterocycles. The van der Waals surface area contributed by atoms with Gasteiger partial charge in [0.25, 0.3) is 0 Å². The Morgan fingerprint density at radius 1 is 0.980 bits per heavy atom. The van der Waals surface area contributed by atoms with E-state index in [1.807, 2.05) is 36.8 Å². The van der Waals surface area contributed by atoms with E-state index in [0.717, 1.165) is 54.4 Å². The summed E-state index contributed by atoms with van der Waals surface area (Å²) < 4.78 is 12.9. The van der Waals surface area contributed by atoms with Gasteiger partial charge in [-0.2, -0.15) is 0 Å². The van der Waals surface area contributed by atoms with Gasteiger partial charge in [-0.15, -0.1) is 0 Å². The van der Waals surface area contributed by atoms with Crippen LogP contribution in [-0.2, 0) is 29.0 Å². The molecule has 0 bridgehead atoms. The van der Waals surface area contributed by atoms with Gasteiger partial charge in [-0.25, -0.2) is 14.8 Å². The zero-order valence-electron chi connectivity index (χ0n) is 29.7. The molecule has 4 heterocycles. The summed E-state index contributed by atoms with van der Waals surface area (Å²) in [6.45, 7) is 14.6. The van der Waals surface area contributed by atoms with Crippen molar-refractivity contribution in [2.45, 2.75) is 90.9 Å². The van der Waals surface area contributed by atoms with Crippen LogP contribution in [0.15, 0.2) is 61.2 Å². The fourth-order valence-corrected chi connectivity index (χ4v) is 7.97. The number of benzene rings is 2. The molecule has 264 valence electrons. The SMILES string of the molecule is CCOC(=O)COc1ccc2cc(CNC(Cc3nccn3CCCN3CCC4(CCN(C(CC)CC)CC4)C3)c3ncc[nH]3)ccc2c1. The lowest BCUT2D eigenvalue weighted by Gasteiger charge is -2.42. The summed E-state index contributed by atoms with van der Waals surface area (Å²) in [5.41, 5.74) is 1.72. The van der Waals surface area contributed by atoms with Crippen molar-refractivity contribution in [2.24, 2.45) is 5.41 Å². The number of aryl methyl sites for hydroxylation is 1. The number of piperidine rings is 1. The summed E-state index contributed by atoms with van der Waals surface area (Å²) in [5, 5.41) is 5.91. The molecule has 10 nitrogen and oxygen atoms in total. The molecule has 0 radical (unpaired) electrons. The van der Waals surface area contributed by atoms with Gasteiger partial charge < -0.3 is 34.1 Å². The minimum atomic E-state index is -0.365. The summed E-state index contributed by atoms with van der Waals surface area (Å²) in [6, 6.07) is 13.1. The van der Waals surface area contributed by atoms with Crippen LogP contribution >= 0.6 is 0 Å². The van der Waals surface area contributed by atoms with Gasteiger partial charge in [0.1, 0.15) is 17.4 Å². The van der Waals surface area contributed by atoms with Crippen molar-refractivity contribution in [3.05, 3.63) is 78.4 Å². The lowest BCUT2D eigenvalue weighted by molar-refractivity contribution is -0.145. The molecule has 1 unspecified atom stereocenters. The van der Waals surface area contributed by atoms with Crippen LogP contribution in [-0.4, -0.2) is 87.3 Å². The Morgan fingerprint density at radius 2 is 1.78 bits per heavy atom. The van der Waals surface area contributed by atoms with E-state index in [9.17, 15) is 4.79 Å². The Kier molecular flexibility index (Phi) is 12.0. The third-order valence-electron chi connectivity index (χ3n) is 10.8. The first-order chi connectivity index (χ1) is 24.0. The highest BCUT2D eigenvalue weighted by Crippen LogP contribution is 2.41. The number of nitrogens with one attached hydrogen (secondary N) is 2. The molecular weight excluding hydrogens is 614 g/mol. The molecule has 2 N–H and O–H groups in total. The quantitative estimate of drug-likeness (QED) is 0.129. The summed E-state index contributed by atoms with van der Waals surface area (Å²) in [7, 11) is 0. The number of carbonyl (C=O) groups excluding carboxylic acids is 1. The van der Waals surface area contributed by atoms with Crippen molar-refractivity contribution in [3.8, 4) is 5.75 Å². The Hall–Kier alpha value is -3.73. The van der Waals surface area contributed by atoms with Gasteiger partial charge in [0.15, 0.2) is 6.61 Å². The number of aromatic nitrogens is 4. The predicted octanol–water partition coefficient (Wildman–Crippen LogP) is 6.14. The fourth-order valence-electron chi connectivity index (χ4n) is 7.97. The topological polar surface area (TPSA) is 101 Å². The highest BCUT2D eigenvalue weighted by Gasteiger charge is 2.41. The third-order valence-corrected chi connectivity index (χ3v) is 10.8. The van der Waals surface area contributed by atoms with Crippen molar-refractivity contribution < 1.29 is 14.3 Å². The standard InChI is InChI=1S/C39H55N7O3/c1-4-33(5-2)45-21-13-39(14-22-45)12-20-44(29-39)18-7-19-46-23-17-40-36(46)26-35(38-41-15-16-42-38)43-27-30-8-9-32-25-34(11-10-31(32)24-30)49-28-37(47)48-6-3/h8-11,15-17,23-25,33,35,43H,4-7,12-14,18-22,26-29H2,1-3H3,(H,41,42). The third kappa shape index (κ3) is 9.09. The van der Waals surface area contributed by atoms with Gasteiger partial charge in [0.2, 0.25) is 0 Å². The van der Waals surface area contributed by atoms with Crippen LogP contribution in [0.5, 0.6) is 5.75 Å². The van der Waals surface area contributed by atoms with Crippen molar-refractivity contribution in [1.82, 2.24) is 34.6 Å². The first-order valence-corrected chi connectivity index (χ1v) is 18.5. The number of hydrogen-bond acceptors (Lipinski definition) is 8. The molecule has 2 fully saturated rings. The van der Waals surface area contributed by atoms with E-state index in [-0.39, 0.29) is 18.6 Å². The van der Waals surface area contributed by atoms with Crippen LogP contribution in [0.25, 0.3) is 10.8 Å². The van der Waals surface area contributed by atoms with Gasteiger partial charge in [0, 0.05) is 56.9 Å². The Balaban J connectivity index is 1.00. The number of imidazole rings is 2. The number of likely N-dealkylation sites (tertiary alicyclic amines) is 2. The maximum Gasteiger partial charge on any atom is 0.344 e. The number of ether oxygens (including phenoxy) is 2. The van der Waals surface area contributed by atoms with Crippen molar-refractivity contribution in [2.75, 3.05) is 45.9 Å². The number of fused-ring (bicyclic) bond motifs is 1. The van der Waals surface area contributed by atoms with Crippen LogP contribution in [0.1, 0.15) is 82.6 Å². The molecule has 49 heavy (non-hydrogen) atoms. The summed E-state index contributed by atoms with van der Waals surface area (Å²) in [5.74, 6) is 2.28. The fraction of sp³-hybridized carbons (Fsp3) is 0.564. The molecular formula is C39H55N7O3. The summed E-state index contributed by atoms with van der Waals surface area (Å²) >= 11 is 0. The van der Waals surface area contributed by atoms with E-state index < -0.39 is 0 Å². The number of hydrogen-bond donors (Lipinski definition) is 2. The molecule has 0 saturated carbocycles. The van der Waals surface area contributed by atoms with Gasteiger partial charge in [-0.1, -0.05) is 32.0 Å². The van der Waals surface area contributed by atoms with Crippen LogP contribution in [0.4, 0.5) is 0 Å². The molecule has 0 aliphatic carbocycles. The number of rotatable bonds is 17. The van der Waals surface area contributed by atoms with Gasteiger partial charge in [0.05, 0.1) is 12.6 Å². The van der Waals surface area contributed by atoms with Crippen molar-refractivity contribution in [3.63, 3.8) is 0 Å². The molecule has 2 aliphatic heterocycles. The van der Waals surface area contributed by atoms with Crippen molar-refractivity contribution >= 4 is 16.7 Å². The average Bonchev–Trinajstić information content (AvgIpc) is 3.90. The number of H-pyrrole nitrogens is 1. The zero-order chi connectivity index (χ0) is 34.1. The molecule has 2 aromatic heterocycles. The molecule has 2 aliphatic rings. The van der Waals surface area contributed by atoms with Crippen LogP contribution < -0.4 is 10.1 Å². The molecule has 1 spiro atoms. The lowest BCUT2D eigenvalue weighted by Crippen LogP contribution is -2.45. The van der Waals surface area contributed by atoms with E-state index in [1.54, 1.807) is 6.92 Å². The first-order valence-electron chi connectivity index (χ1n) is 18.5. The van der Waals surface area contributed by atoms with E-state index in [4.69, 9.17) is 14.5 Å². The molecule has 1 atom stereocenters. The van der Waals surface area contributed by atoms with Gasteiger partial charge in [-0.05, 0) is 112 Å². The second-order valence-electron chi connectivity index (χ2n) is 14.0. The monoisotopic (exact) mass is 669 g/mol. The second-order valence-corrected chi connectivity index (χ2v) is 14.0. The summed E-state index contributed by atoms with van der Waals surface area (Å²) in [6.07, 6.45) is 16.3. The van der Waals surface area contributed by atoms with E-state index >= 15 is 0 Å². The number of carbonyl (C=O) groups is 1. The Labute approximate surface area is 291 Å². The predicted molar refractivity (Wildman–Crippen MR) is 193 cm³/mol. The largest absolute Gasteiger partial charge is 0.482 e. The zero-order valence-corrected chi connectivity index (χ0v) is 29.7. The normalized spacial score (nSPS) is 17.3. The smallest absolute Gasteiger partial charge is 0.344 e. The highest BCUT2D eigenvalue weighted by atomic mass is 16.6. The highest BCUT2D eigenvalue weighted by molar-refractivity contribution is 5.84. The molecule has 0 amide bonds. The summed E-state index contributed by atoms with van der Waals surface area (Å²) in [4.78, 5) is 29.9. The van der Waals surface area contributed by atoms with E-state index in [0.29, 0.717) is 24.3 Å². The van der Waals surface area contributed by atoms with Crippen LogP contribution in [0.3, 0.4) is 0 Å². The van der Waals surface area contributed by atoms with Crippen LogP contribution in [0.2, 0.25) is 0 Å². The van der Waals surface area contributed by atoms with E-state index in [1.165, 1.54) is 63.8 Å². The van der Waals surface area contributed by atoms with E-state index in [2.05, 4.69) is 67.9 Å². The molecule has 4 aromatic rings. The maximum atomic E-state index is 11.7. The number of aromatic amines is 1. The Bertz CT molecular complexity index is 1610. The maximum absolute atomic E-state index is 11.7. The molecule has 10 heteroatoms. The van der Waals surface area contributed by atoms with Gasteiger partial charge >= 0.3 is 5.97 Å². The lowest BCUT2D eigenvalue weighted by atomic mass is 9.77. The number of nitrogens with zero attached hydrogens (tertiary/aromatic N) is 5. The minimum Gasteiger partial charge on any atom is -0.482 e. The first kappa shape index (κ1) is 35.1. The van der Waals surface area contributed by atoms with Crippen LogP contribution in [0, 0.1) is 5.41 Å². The second kappa shape index (κ2) is 16.8. The average molecular weight is 670 g/mol.